The second-order valence-electron chi connectivity index (χ2n) is 10.1. The zero-order chi connectivity index (χ0) is 25.9. The van der Waals surface area contributed by atoms with Gasteiger partial charge < -0.3 is 4.90 Å². The monoisotopic (exact) mass is 531 g/mol. The molecule has 1 saturated carbocycles. The first-order valence-electron chi connectivity index (χ1n) is 12.6. The van der Waals surface area contributed by atoms with Gasteiger partial charge in [-0.3, -0.25) is 15.0 Å². The summed E-state index contributed by atoms with van der Waals surface area (Å²) in [5, 5.41) is 0.428. The van der Waals surface area contributed by atoms with Gasteiger partial charge in [0.05, 0.1) is 4.90 Å². The zero-order valence-corrected chi connectivity index (χ0v) is 22.4. The summed E-state index contributed by atoms with van der Waals surface area (Å²) in [7, 11) is -3.78. The van der Waals surface area contributed by atoms with Crippen molar-refractivity contribution in [2.75, 3.05) is 17.3 Å². The minimum Gasteiger partial charge on any atom is -0.312 e. The van der Waals surface area contributed by atoms with Crippen LogP contribution in [0.1, 0.15) is 57.9 Å². The van der Waals surface area contributed by atoms with Crippen LogP contribution in [0.5, 0.6) is 0 Å². The third kappa shape index (κ3) is 6.10. The standard InChI is InChI=1S/C27H34ClN3O4S/c1-18(2)7-12-26(32)30-29-17-36(34,35)25-11-9-22(28)16-23(25)20-8-10-24-21(15-20)13-14-31(24)27(33)19-5-3-4-6-19/h8-11,15-16,18-19,29H,3-7,12-14,17H2,1-2H3,(H,30,32). The highest BCUT2D eigenvalue weighted by molar-refractivity contribution is 7.91. The van der Waals surface area contributed by atoms with Gasteiger partial charge in [0.2, 0.25) is 11.8 Å². The molecule has 36 heavy (non-hydrogen) atoms. The lowest BCUT2D eigenvalue weighted by Crippen LogP contribution is -2.40. The van der Waals surface area contributed by atoms with Gasteiger partial charge in [0.15, 0.2) is 9.84 Å². The van der Waals surface area contributed by atoms with E-state index in [-0.39, 0.29) is 22.6 Å². The summed E-state index contributed by atoms with van der Waals surface area (Å²) in [5.74, 6) is 0.0102. The van der Waals surface area contributed by atoms with E-state index in [1.165, 1.54) is 6.07 Å². The molecule has 0 bridgehead atoms. The lowest BCUT2D eigenvalue weighted by Gasteiger charge is -2.21. The van der Waals surface area contributed by atoms with Gasteiger partial charge in [0.25, 0.3) is 0 Å². The predicted octanol–water partition coefficient (Wildman–Crippen LogP) is 4.87. The fourth-order valence-corrected chi connectivity index (χ4v) is 6.36. The lowest BCUT2D eigenvalue weighted by molar-refractivity contribution is -0.122. The van der Waals surface area contributed by atoms with Crippen molar-refractivity contribution in [3.63, 3.8) is 0 Å². The molecule has 2 N–H and O–H groups in total. The number of hydrogen-bond acceptors (Lipinski definition) is 5. The van der Waals surface area contributed by atoms with Gasteiger partial charge in [-0.1, -0.05) is 44.4 Å². The first-order chi connectivity index (χ1) is 17.2. The third-order valence-corrected chi connectivity index (χ3v) is 8.76. The Bertz CT molecular complexity index is 1240. The van der Waals surface area contributed by atoms with Crippen LogP contribution >= 0.6 is 11.6 Å². The lowest BCUT2D eigenvalue weighted by atomic mass is 10.0. The van der Waals surface area contributed by atoms with E-state index in [1.807, 2.05) is 36.9 Å². The van der Waals surface area contributed by atoms with E-state index >= 15 is 0 Å². The van der Waals surface area contributed by atoms with Crippen LogP contribution in [-0.2, 0) is 25.8 Å². The smallest absolute Gasteiger partial charge is 0.234 e. The van der Waals surface area contributed by atoms with E-state index in [1.54, 1.807) is 12.1 Å². The molecule has 1 aliphatic heterocycles. The Hall–Kier alpha value is -2.42. The molecule has 2 aliphatic rings. The molecule has 2 amide bonds. The van der Waals surface area contributed by atoms with Crippen molar-refractivity contribution < 1.29 is 18.0 Å². The molecule has 9 heteroatoms. The minimum absolute atomic E-state index is 0.110. The molecule has 0 atom stereocenters. The maximum Gasteiger partial charge on any atom is 0.234 e. The summed E-state index contributed by atoms with van der Waals surface area (Å²) in [5.41, 5.74) is 8.20. The maximum absolute atomic E-state index is 13.2. The Morgan fingerprint density at radius 1 is 1.11 bits per heavy atom. The summed E-state index contributed by atoms with van der Waals surface area (Å²) in [4.78, 5) is 27.0. The molecule has 0 saturated heterocycles. The molecule has 1 fully saturated rings. The van der Waals surface area contributed by atoms with E-state index in [0.717, 1.165) is 55.3 Å². The number of amides is 2. The SMILES string of the molecule is CC(C)CCC(=O)NNCS(=O)(=O)c1ccc(Cl)cc1-c1ccc2c(c1)CCN2C(=O)C1CCCC1. The molecule has 0 unspecified atom stereocenters. The van der Waals surface area contributed by atoms with Gasteiger partial charge in [-0.25, -0.2) is 13.8 Å². The molecule has 4 rings (SSSR count). The minimum atomic E-state index is -3.78. The van der Waals surface area contributed by atoms with Gasteiger partial charge in [-0.05, 0) is 73.1 Å². The molecule has 7 nitrogen and oxygen atoms in total. The van der Waals surface area contributed by atoms with Gasteiger partial charge in [0.1, 0.15) is 5.88 Å². The van der Waals surface area contributed by atoms with Crippen LogP contribution in [-0.4, -0.2) is 32.7 Å². The topological polar surface area (TPSA) is 95.6 Å². The van der Waals surface area contributed by atoms with Gasteiger partial charge in [0, 0.05) is 35.2 Å². The number of halogens is 1. The van der Waals surface area contributed by atoms with Crippen molar-refractivity contribution in [1.29, 1.82) is 0 Å². The van der Waals surface area contributed by atoms with Crippen molar-refractivity contribution in [1.82, 2.24) is 10.9 Å². The number of hydrogen-bond donors (Lipinski definition) is 2. The number of rotatable bonds is 9. The fraction of sp³-hybridized carbons (Fsp3) is 0.481. The van der Waals surface area contributed by atoms with E-state index < -0.39 is 15.7 Å². The second-order valence-corrected chi connectivity index (χ2v) is 12.5. The van der Waals surface area contributed by atoms with Gasteiger partial charge >= 0.3 is 0 Å². The number of nitrogens with one attached hydrogen (secondary N) is 2. The molecular weight excluding hydrogens is 498 g/mol. The van der Waals surface area contributed by atoms with Crippen molar-refractivity contribution in [2.45, 2.75) is 63.7 Å². The van der Waals surface area contributed by atoms with Crippen LogP contribution in [0.15, 0.2) is 41.3 Å². The van der Waals surface area contributed by atoms with Gasteiger partial charge in [-0.15, -0.1) is 0 Å². The molecule has 0 spiro atoms. The number of benzene rings is 2. The van der Waals surface area contributed by atoms with E-state index in [4.69, 9.17) is 11.6 Å². The Labute approximate surface area is 218 Å². The first-order valence-corrected chi connectivity index (χ1v) is 14.7. The number of sulfone groups is 1. The van der Waals surface area contributed by atoms with Crippen molar-refractivity contribution >= 4 is 38.9 Å². The number of hydrazine groups is 1. The van der Waals surface area contributed by atoms with Crippen molar-refractivity contribution in [2.24, 2.45) is 11.8 Å². The molecule has 1 aliphatic carbocycles. The summed E-state index contributed by atoms with van der Waals surface area (Å²) in [6.07, 6.45) is 5.92. The molecule has 194 valence electrons. The quantitative estimate of drug-likeness (QED) is 0.450. The average molecular weight is 532 g/mol. The molecular formula is C27H34ClN3O4S. The summed E-state index contributed by atoms with van der Waals surface area (Å²) < 4.78 is 26.4. The van der Waals surface area contributed by atoms with Crippen LogP contribution < -0.4 is 15.8 Å². The Morgan fingerprint density at radius 3 is 2.58 bits per heavy atom. The number of fused-ring (bicyclic) bond motifs is 1. The first kappa shape index (κ1) is 26.6. The maximum atomic E-state index is 13.2. The summed E-state index contributed by atoms with van der Waals surface area (Å²) in [6, 6.07) is 10.4. The number of carbonyl (C=O) groups excluding carboxylic acids is 2. The number of anilines is 1. The molecule has 0 aromatic heterocycles. The van der Waals surface area contributed by atoms with Crippen molar-refractivity contribution in [3.05, 3.63) is 47.0 Å². The van der Waals surface area contributed by atoms with Crippen LogP contribution in [0.4, 0.5) is 5.69 Å². The highest BCUT2D eigenvalue weighted by Gasteiger charge is 2.32. The van der Waals surface area contributed by atoms with Crippen LogP contribution in [0.2, 0.25) is 5.02 Å². The highest BCUT2D eigenvalue weighted by Crippen LogP contribution is 2.38. The van der Waals surface area contributed by atoms with E-state index in [9.17, 15) is 18.0 Å². The Balaban J connectivity index is 1.53. The van der Waals surface area contributed by atoms with E-state index in [0.29, 0.717) is 29.5 Å². The molecule has 2 aromatic carbocycles. The summed E-state index contributed by atoms with van der Waals surface area (Å²) in [6.45, 7) is 4.70. The predicted molar refractivity (Wildman–Crippen MR) is 142 cm³/mol. The summed E-state index contributed by atoms with van der Waals surface area (Å²) >= 11 is 6.26. The molecule has 0 radical (unpaired) electrons. The molecule has 2 aromatic rings. The second kappa shape index (κ2) is 11.3. The van der Waals surface area contributed by atoms with Crippen molar-refractivity contribution in [3.8, 4) is 11.1 Å². The number of nitrogens with zero attached hydrogens (tertiary/aromatic N) is 1. The Morgan fingerprint density at radius 2 is 1.86 bits per heavy atom. The fourth-order valence-electron chi connectivity index (χ4n) is 4.98. The number of carbonyl (C=O) groups is 2. The van der Waals surface area contributed by atoms with Gasteiger partial charge in [-0.2, -0.15) is 0 Å². The van der Waals surface area contributed by atoms with Crippen LogP contribution in [0, 0.1) is 11.8 Å². The average Bonchev–Trinajstić information content (AvgIpc) is 3.52. The largest absolute Gasteiger partial charge is 0.312 e. The van der Waals surface area contributed by atoms with E-state index in [2.05, 4.69) is 10.9 Å². The highest BCUT2D eigenvalue weighted by atomic mass is 35.5. The van der Waals surface area contributed by atoms with Crippen LogP contribution in [0.3, 0.4) is 0 Å². The third-order valence-electron chi connectivity index (χ3n) is 6.97. The zero-order valence-electron chi connectivity index (χ0n) is 20.8. The molecule has 1 heterocycles. The normalized spacial score (nSPS) is 15.9. The van der Waals surface area contributed by atoms with Crippen LogP contribution in [0.25, 0.3) is 11.1 Å². The Kier molecular flexibility index (Phi) is 8.37.